The van der Waals surface area contributed by atoms with Crippen LogP contribution < -0.4 is 26.9 Å². The molecule has 0 spiro atoms. The first-order valence-electron chi connectivity index (χ1n) is 8.53. The molecule has 0 saturated heterocycles. The number of pyridine rings is 1. The van der Waals surface area contributed by atoms with Gasteiger partial charge >= 0.3 is 0 Å². The third-order valence-corrected chi connectivity index (χ3v) is 4.27. The fourth-order valence-corrected chi connectivity index (χ4v) is 2.75. The highest BCUT2D eigenvalue weighted by atomic mass is 79.9. The molecule has 1 N–H and O–H groups in total. The zero-order chi connectivity index (χ0) is 19.4. The highest BCUT2D eigenvalue weighted by molar-refractivity contribution is 6.04. The summed E-state index contributed by atoms with van der Waals surface area (Å²) in [6.07, 6.45) is 3.62. The van der Waals surface area contributed by atoms with E-state index in [2.05, 4.69) is 5.32 Å². The van der Waals surface area contributed by atoms with Gasteiger partial charge in [-0.15, -0.1) is 0 Å². The molecule has 0 unspecified atom stereocenters. The molecule has 0 aliphatic heterocycles. The SMILES string of the molecule is Cc1ccc(C)c(NC(=O)c2ccc[n+](Cc3ccc([N+](=O)[O-])cc3)c2)c1.[Br-]. The van der Waals surface area contributed by atoms with Crippen LogP contribution in [0.15, 0.2) is 67.0 Å². The number of anilines is 1. The average Bonchev–Trinajstić information content (AvgIpc) is 2.65. The maximum absolute atomic E-state index is 12.6. The second-order valence-electron chi connectivity index (χ2n) is 6.46. The van der Waals surface area contributed by atoms with Gasteiger partial charge in [-0.1, -0.05) is 12.1 Å². The van der Waals surface area contributed by atoms with Crippen LogP contribution in [0.4, 0.5) is 11.4 Å². The van der Waals surface area contributed by atoms with Crippen molar-refractivity contribution in [1.29, 1.82) is 0 Å². The molecular formula is C21H20BrN3O3. The molecule has 7 heteroatoms. The first-order chi connectivity index (χ1) is 12.9. The smallest absolute Gasteiger partial charge is 0.269 e. The van der Waals surface area contributed by atoms with Crippen LogP contribution in [-0.2, 0) is 6.54 Å². The third kappa shape index (κ3) is 5.23. The van der Waals surface area contributed by atoms with Crippen LogP contribution >= 0.6 is 0 Å². The van der Waals surface area contributed by atoms with Gasteiger partial charge < -0.3 is 22.3 Å². The van der Waals surface area contributed by atoms with Crippen LogP contribution in [0.25, 0.3) is 0 Å². The molecule has 2 aromatic carbocycles. The molecule has 28 heavy (non-hydrogen) atoms. The Kier molecular flexibility index (Phi) is 7.00. The molecule has 0 aliphatic carbocycles. The Bertz CT molecular complexity index is 1000. The molecule has 0 bridgehead atoms. The van der Waals surface area contributed by atoms with Gasteiger partial charge in [-0.05, 0) is 49.2 Å². The van der Waals surface area contributed by atoms with Crippen LogP contribution in [0.5, 0.6) is 0 Å². The number of rotatable bonds is 5. The fourth-order valence-electron chi connectivity index (χ4n) is 2.75. The normalized spacial score (nSPS) is 10.1. The Labute approximate surface area is 173 Å². The lowest BCUT2D eigenvalue weighted by Crippen LogP contribution is -3.00. The number of hydrogen-bond donors (Lipinski definition) is 1. The predicted molar refractivity (Wildman–Crippen MR) is 103 cm³/mol. The standard InChI is InChI=1S/C21H19N3O3.BrH/c1-15-5-6-16(2)20(12-15)22-21(25)18-4-3-11-23(14-18)13-17-7-9-19(10-8-17)24(26)27;/h3-12,14H,13H2,1-2H3;1H. The fraction of sp³-hybridized carbons (Fsp3) is 0.143. The highest BCUT2D eigenvalue weighted by Gasteiger charge is 2.13. The number of benzene rings is 2. The zero-order valence-corrected chi connectivity index (χ0v) is 17.1. The Morgan fingerprint density at radius 2 is 1.82 bits per heavy atom. The third-order valence-electron chi connectivity index (χ3n) is 4.27. The summed E-state index contributed by atoms with van der Waals surface area (Å²) in [6, 6.07) is 15.9. The molecule has 3 rings (SSSR count). The summed E-state index contributed by atoms with van der Waals surface area (Å²) in [5.41, 5.74) is 4.40. The van der Waals surface area contributed by atoms with E-state index in [0.29, 0.717) is 12.1 Å². The van der Waals surface area contributed by atoms with E-state index in [1.54, 1.807) is 24.4 Å². The summed E-state index contributed by atoms with van der Waals surface area (Å²) in [6.45, 7) is 4.45. The number of nitrogens with one attached hydrogen (secondary N) is 1. The van der Waals surface area contributed by atoms with E-state index in [-0.39, 0.29) is 28.6 Å². The largest absolute Gasteiger partial charge is 1.00 e. The van der Waals surface area contributed by atoms with Crippen molar-refractivity contribution >= 4 is 17.3 Å². The summed E-state index contributed by atoms with van der Waals surface area (Å²) < 4.78 is 1.87. The first-order valence-corrected chi connectivity index (χ1v) is 8.53. The number of nitrogens with zero attached hydrogens (tertiary/aromatic N) is 2. The van der Waals surface area contributed by atoms with Crippen LogP contribution in [0, 0.1) is 24.0 Å². The number of nitro benzene ring substituents is 1. The van der Waals surface area contributed by atoms with Crippen LogP contribution in [-0.4, -0.2) is 10.8 Å². The van der Waals surface area contributed by atoms with Gasteiger partial charge in [0.25, 0.3) is 11.6 Å². The van der Waals surface area contributed by atoms with Crippen molar-refractivity contribution in [2.75, 3.05) is 5.32 Å². The number of aromatic nitrogens is 1. The molecule has 6 nitrogen and oxygen atoms in total. The molecule has 1 amide bonds. The molecule has 0 saturated carbocycles. The summed E-state index contributed by atoms with van der Waals surface area (Å²) in [7, 11) is 0. The molecule has 1 heterocycles. The molecule has 0 atom stereocenters. The summed E-state index contributed by atoms with van der Waals surface area (Å²) in [5.74, 6) is -0.179. The van der Waals surface area contributed by atoms with Crippen molar-refractivity contribution in [3.8, 4) is 0 Å². The van der Waals surface area contributed by atoms with Gasteiger partial charge in [0.15, 0.2) is 18.9 Å². The summed E-state index contributed by atoms with van der Waals surface area (Å²) >= 11 is 0. The molecular weight excluding hydrogens is 422 g/mol. The Morgan fingerprint density at radius 1 is 1.11 bits per heavy atom. The summed E-state index contributed by atoms with van der Waals surface area (Å²) in [5, 5.41) is 13.7. The lowest BCUT2D eigenvalue weighted by Gasteiger charge is -2.09. The predicted octanol–water partition coefficient (Wildman–Crippen LogP) is 0.804. The lowest BCUT2D eigenvalue weighted by atomic mass is 10.1. The van der Waals surface area contributed by atoms with E-state index in [1.165, 1.54) is 12.1 Å². The van der Waals surface area contributed by atoms with Crippen LogP contribution in [0.1, 0.15) is 27.0 Å². The average molecular weight is 442 g/mol. The van der Waals surface area contributed by atoms with Crippen molar-refractivity contribution in [2.24, 2.45) is 0 Å². The Hall–Kier alpha value is -3.06. The van der Waals surface area contributed by atoms with Crippen LogP contribution in [0.2, 0.25) is 0 Å². The monoisotopic (exact) mass is 441 g/mol. The van der Waals surface area contributed by atoms with E-state index >= 15 is 0 Å². The number of amides is 1. The minimum absolute atomic E-state index is 0. The molecule has 144 valence electrons. The second kappa shape index (κ2) is 9.23. The van der Waals surface area contributed by atoms with Gasteiger partial charge in [-0.25, -0.2) is 0 Å². The molecule has 3 aromatic rings. The Morgan fingerprint density at radius 3 is 2.50 bits per heavy atom. The number of non-ortho nitro benzene ring substituents is 1. The van der Waals surface area contributed by atoms with Crippen molar-refractivity contribution in [3.63, 3.8) is 0 Å². The first kappa shape index (κ1) is 21.2. The molecule has 0 aliphatic rings. The van der Waals surface area contributed by atoms with Crippen LogP contribution in [0.3, 0.4) is 0 Å². The van der Waals surface area contributed by atoms with Crippen molar-refractivity contribution in [3.05, 3.63) is 99.4 Å². The van der Waals surface area contributed by atoms with E-state index in [9.17, 15) is 14.9 Å². The highest BCUT2D eigenvalue weighted by Crippen LogP contribution is 2.17. The second-order valence-corrected chi connectivity index (χ2v) is 6.46. The number of aryl methyl sites for hydroxylation is 2. The van der Waals surface area contributed by atoms with Gasteiger partial charge in [0, 0.05) is 29.4 Å². The number of hydrogen-bond acceptors (Lipinski definition) is 3. The van der Waals surface area contributed by atoms with E-state index in [4.69, 9.17) is 0 Å². The molecule has 0 radical (unpaired) electrons. The van der Waals surface area contributed by atoms with Gasteiger partial charge in [-0.2, -0.15) is 4.57 Å². The number of carbonyl (C=O) groups is 1. The van der Waals surface area contributed by atoms with Gasteiger partial charge in [0.1, 0.15) is 5.56 Å². The number of carbonyl (C=O) groups excluding carboxylic acids is 1. The van der Waals surface area contributed by atoms with Crippen molar-refractivity contribution < 1.29 is 31.3 Å². The number of nitro groups is 1. The molecule has 1 aromatic heterocycles. The quantitative estimate of drug-likeness (QED) is 0.361. The lowest BCUT2D eigenvalue weighted by molar-refractivity contribution is -0.688. The number of halogens is 1. The zero-order valence-electron chi connectivity index (χ0n) is 15.6. The van der Waals surface area contributed by atoms with E-state index in [1.807, 2.05) is 48.9 Å². The topological polar surface area (TPSA) is 76.1 Å². The van der Waals surface area contributed by atoms with E-state index in [0.717, 1.165) is 22.4 Å². The van der Waals surface area contributed by atoms with Crippen molar-refractivity contribution in [2.45, 2.75) is 20.4 Å². The van der Waals surface area contributed by atoms with Gasteiger partial charge in [0.05, 0.1) is 4.92 Å². The van der Waals surface area contributed by atoms with Gasteiger partial charge in [0.2, 0.25) is 0 Å². The minimum atomic E-state index is -0.421. The van der Waals surface area contributed by atoms with Crippen molar-refractivity contribution in [1.82, 2.24) is 0 Å². The maximum Gasteiger partial charge on any atom is 0.269 e. The van der Waals surface area contributed by atoms with Gasteiger partial charge in [-0.3, -0.25) is 14.9 Å². The summed E-state index contributed by atoms with van der Waals surface area (Å²) in [4.78, 5) is 22.9. The molecule has 0 fully saturated rings. The Balaban J connectivity index is 0.00000280. The van der Waals surface area contributed by atoms with E-state index < -0.39 is 4.92 Å². The maximum atomic E-state index is 12.6. The minimum Gasteiger partial charge on any atom is -1.00 e.